The summed E-state index contributed by atoms with van der Waals surface area (Å²) in [5.74, 6) is -0.0920. The van der Waals surface area contributed by atoms with Crippen LogP contribution in [0.2, 0.25) is 0 Å². The minimum absolute atomic E-state index is 0. The summed E-state index contributed by atoms with van der Waals surface area (Å²) in [6.07, 6.45) is 0. The molecule has 0 aliphatic rings. The first-order chi connectivity index (χ1) is 10.5. The van der Waals surface area contributed by atoms with Gasteiger partial charge in [-0.3, -0.25) is 4.79 Å². The predicted octanol–water partition coefficient (Wildman–Crippen LogP) is 1.46. The van der Waals surface area contributed by atoms with Gasteiger partial charge in [-0.05, 0) is 25.1 Å². The second-order valence-electron chi connectivity index (χ2n) is 4.75. The van der Waals surface area contributed by atoms with Gasteiger partial charge >= 0.3 is 0 Å². The molecule has 1 amide bonds. The number of nitrogens with zero attached hydrogens (tertiary/aromatic N) is 3. The molecule has 0 unspecified atom stereocenters. The summed E-state index contributed by atoms with van der Waals surface area (Å²) in [7, 11) is 3.33. The molecule has 8 heteroatoms. The normalized spacial score (nSPS) is 10.3. The minimum atomic E-state index is -0.414. The third-order valence-electron chi connectivity index (χ3n) is 2.83. The van der Waals surface area contributed by atoms with Gasteiger partial charge in [0, 0.05) is 26.2 Å². The molecule has 23 heavy (non-hydrogen) atoms. The van der Waals surface area contributed by atoms with Gasteiger partial charge in [-0.2, -0.15) is 5.26 Å². The SMILES string of the molecule is CCNC(=NCc1cc(C#N)ccc1F)NCC(=O)N(C)C.I. The predicted molar refractivity (Wildman–Crippen MR) is 98.0 cm³/mol. The number of benzene rings is 1. The van der Waals surface area contributed by atoms with E-state index in [4.69, 9.17) is 5.26 Å². The van der Waals surface area contributed by atoms with Crippen molar-refractivity contribution in [1.82, 2.24) is 15.5 Å². The Bertz CT molecular complexity index is 598. The second kappa shape index (κ2) is 10.8. The van der Waals surface area contributed by atoms with Crippen molar-refractivity contribution >= 4 is 35.8 Å². The molecule has 126 valence electrons. The summed E-state index contributed by atoms with van der Waals surface area (Å²) in [6.45, 7) is 2.68. The Morgan fingerprint density at radius 2 is 2.09 bits per heavy atom. The van der Waals surface area contributed by atoms with Crippen molar-refractivity contribution in [2.45, 2.75) is 13.5 Å². The number of carbonyl (C=O) groups is 1. The van der Waals surface area contributed by atoms with Crippen LogP contribution in [0.4, 0.5) is 4.39 Å². The summed E-state index contributed by atoms with van der Waals surface area (Å²) in [4.78, 5) is 17.2. The van der Waals surface area contributed by atoms with Gasteiger partial charge < -0.3 is 15.5 Å². The molecule has 0 aromatic heterocycles. The average molecular weight is 433 g/mol. The number of carbonyl (C=O) groups excluding carboxylic acids is 1. The molecule has 0 heterocycles. The smallest absolute Gasteiger partial charge is 0.241 e. The highest BCUT2D eigenvalue weighted by Crippen LogP contribution is 2.11. The highest BCUT2D eigenvalue weighted by atomic mass is 127. The van der Waals surface area contributed by atoms with Crippen LogP contribution >= 0.6 is 24.0 Å². The summed E-state index contributed by atoms with van der Waals surface area (Å²) in [5.41, 5.74) is 0.711. The van der Waals surface area contributed by atoms with E-state index in [2.05, 4.69) is 15.6 Å². The molecule has 0 bridgehead atoms. The van der Waals surface area contributed by atoms with E-state index in [1.807, 2.05) is 13.0 Å². The third-order valence-corrected chi connectivity index (χ3v) is 2.83. The van der Waals surface area contributed by atoms with Crippen LogP contribution in [-0.2, 0) is 11.3 Å². The first-order valence-electron chi connectivity index (χ1n) is 6.88. The number of guanidine groups is 1. The van der Waals surface area contributed by atoms with E-state index in [0.29, 0.717) is 23.6 Å². The highest BCUT2D eigenvalue weighted by molar-refractivity contribution is 14.0. The number of aliphatic imine (C=N–C) groups is 1. The van der Waals surface area contributed by atoms with Crippen LogP contribution in [-0.4, -0.2) is 44.0 Å². The van der Waals surface area contributed by atoms with E-state index in [9.17, 15) is 9.18 Å². The minimum Gasteiger partial charge on any atom is -0.357 e. The number of amides is 1. The molecule has 0 spiro atoms. The maximum atomic E-state index is 13.7. The monoisotopic (exact) mass is 433 g/mol. The van der Waals surface area contributed by atoms with E-state index in [0.717, 1.165) is 0 Å². The lowest BCUT2D eigenvalue weighted by molar-refractivity contribution is -0.127. The van der Waals surface area contributed by atoms with Crippen LogP contribution in [0, 0.1) is 17.1 Å². The first kappa shape index (κ1) is 21.1. The van der Waals surface area contributed by atoms with Crippen LogP contribution in [0.15, 0.2) is 23.2 Å². The molecule has 1 aromatic rings. The van der Waals surface area contributed by atoms with Crippen LogP contribution in [0.1, 0.15) is 18.1 Å². The Hall–Kier alpha value is -1.89. The van der Waals surface area contributed by atoms with E-state index >= 15 is 0 Å². The van der Waals surface area contributed by atoms with Crippen molar-refractivity contribution in [2.75, 3.05) is 27.2 Å². The van der Waals surface area contributed by atoms with E-state index in [1.54, 1.807) is 14.1 Å². The topological polar surface area (TPSA) is 80.5 Å². The number of halogens is 2. The zero-order chi connectivity index (χ0) is 16.5. The zero-order valence-electron chi connectivity index (χ0n) is 13.4. The molecule has 6 nitrogen and oxygen atoms in total. The molecular formula is C15H21FIN5O. The third kappa shape index (κ3) is 7.27. The van der Waals surface area contributed by atoms with Crippen molar-refractivity contribution in [2.24, 2.45) is 4.99 Å². The van der Waals surface area contributed by atoms with Crippen LogP contribution in [0.25, 0.3) is 0 Å². The maximum absolute atomic E-state index is 13.7. The van der Waals surface area contributed by atoms with Gasteiger partial charge in [0.05, 0.1) is 24.7 Å². The van der Waals surface area contributed by atoms with Gasteiger partial charge in [-0.15, -0.1) is 24.0 Å². The van der Waals surface area contributed by atoms with Gasteiger partial charge in [0.25, 0.3) is 0 Å². The Labute approximate surface area is 152 Å². The van der Waals surface area contributed by atoms with Gasteiger partial charge in [0.2, 0.25) is 5.91 Å². The highest BCUT2D eigenvalue weighted by Gasteiger charge is 2.07. The summed E-state index contributed by atoms with van der Waals surface area (Å²) in [5, 5.41) is 14.7. The van der Waals surface area contributed by atoms with Crippen molar-refractivity contribution in [3.05, 3.63) is 35.1 Å². The fourth-order valence-electron chi connectivity index (χ4n) is 1.59. The van der Waals surface area contributed by atoms with Crippen molar-refractivity contribution < 1.29 is 9.18 Å². The molecule has 0 fully saturated rings. The summed E-state index contributed by atoms with van der Waals surface area (Å²) < 4.78 is 13.7. The number of nitriles is 1. The average Bonchev–Trinajstić information content (AvgIpc) is 2.50. The van der Waals surface area contributed by atoms with E-state index in [-0.39, 0.29) is 43.0 Å². The zero-order valence-corrected chi connectivity index (χ0v) is 15.7. The van der Waals surface area contributed by atoms with E-state index < -0.39 is 5.82 Å². The standard InChI is InChI=1S/C15H20FN5O.HI/c1-4-18-15(20-10-14(22)21(2)3)19-9-12-7-11(8-17)5-6-13(12)16;/h5-7H,4,9-10H2,1-3H3,(H2,18,19,20);1H. The molecule has 0 saturated heterocycles. The lowest BCUT2D eigenvalue weighted by atomic mass is 10.1. The second-order valence-corrected chi connectivity index (χ2v) is 4.75. The lowest BCUT2D eigenvalue weighted by Crippen LogP contribution is -2.42. The molecule has 0 atom stereocenters. The number of hydrogen-bond acceptors (Lipinski definition) is 3. The number of nitrogens with one attached hydrogen (secondary N) is 2. The van der Waals surface area contributed by atoms with Crippen LogP contribution in [0.5, 0.6) is 0 Å². The molecule has 0 saturated carbocycles. The molecular weight excluding hydrogens is 412 g/mol. The fourth-order valence-corrected chi connectivity index (χ4v) is 1.59. The summed E-state index contributed by atoms with van der Waals surface area (Å²) >= 11 is 0. The number of likely N-dealkylation sites (N-methyl/N-ethyl adjacent to an activating group) is 1. The molecule has 2 N–H and O–H groups in total. The number of hydrogen-bond donors (Lipinski definition) is 2. The van der Waals surface area contributed by atoms with Crippen LogP contribution < -0.4 is 10.6 Å². The van der Waals surface area contributed by atoms with Crippen LogP contribution in [0.3, 0.4) is 0 Å². The largest absolute Gasteiger partial charge is 0.357 e. The van der Waals surface area contributed by atoms with Gasteiger partial charge in [0.15, 0.2) is 5.96 Å². The van der Waals surface area contributed by atoms with E-state index in [1.165, 1.54) is 23.1 Å². The molecule has 0 radical (unpaired) electrons. The number of rotatable bonds is 5. The molecule has 0 aliphatic carbocycles. The Morgan fingerprint density at radius 1 is 1.39 bits per heavy atom. The quantitative estimate of drug-likeness (QED) is 0.419. The molecule has 1 rings (SSSR count). The van der Waals surface area contributed by atoms with Gasteiger partial charge in [0.1, 0.15) is 5.82 Å². The summed E-state index contributed by atoms with van der Waals surface area (Å²) in [6, 6.07) is 6.10. The van der Waals surface area contributed by atoms with Crippen molar-refractivity contribution in [3.8, 4) is 6.07 Å². The lowest BCUT2D eigenvalue weighted by Gasteiger charge is -2.14. The maximum Gasteiger partial charge on any atom is 0.241 e. The Kier molecular flexibility index (Phi) is 9.89. The van der Waals surface area contributed by atoms with Crippen molar-refractivity contribution in [3.63, 3.8) is 0 Å². The first-order valence-corrected chi connectivity index (χ1v) is 6.88. The Balaban J connectivity index is 0.00000484. The fraction of sp³-hybridized carbons (Fsp3) is 0.400. The van der Waals surface area contributed by atoms with Gasteiger partial charge in [-0.1, -0.05) is 0 Å². The molecule has 1 aromatic carbocycles. The van der Waals surface area contributed by atoms with Gasteiger partial charge in [-0.25, -0.2) is 9.38 Å². The van der Waals surface area contributed by atoms with Crippen molar-refractivity contribution in [1.29, 1.82) is 5.26 Å². The Morgan fingerprint density at radius 3 is 2.65 bits per heavy atom. The molecule has 0 aliphatic heterocycles.